The van der Waals surface area contributed by atoms with Gasteiger partial charge in [-0.15, -0.1) is 0 Å². The third-order valence-corrected chi connectivity index (χ3v) is 4.61. The van der Waals surface area contributed by atoms with Gasteiger partial charge in [0.15, 0.2) is 11.9 Å². The second kappa shape index (κ2) is 6.35. The molecule has 4 rings (SSSR count). The van der Waals surface area contributed by atoms with Crippen molar-refractivity contribution in [2.45, 2.75) is 37.9 Å². The maximum Gasteiger partial charge on any atom is 0.325 e. The lowest BCUT2D eigenvalue weighted by molar-refractivity contribution is -0.137. The van der Waals surface area contributed by atoms with Gasteiger partial charge in [-0.3, -0.25) is 14.3 Å². The molecule has 1 aromatic heterocycles. The lowest BCUT2D eigenvalue weighted by Crippen LogP contribution is -2.34. The van der Waals surface area contributed by atoms with Crippen LogP contribution in [0.25, 0.3) is 10.9 Å². The van der Waals surface area contributed by atoms with Crippen LogP contribution in [0.2, 0.25) is 0 Å². The quantitative estimate of drug-likeness (QED) is 0.725. The summed E-state index contributed by atoms with van der Waals surface area (Å²) in [5.74, 6) is -0.812. The molecule has 1 aromatic carbocycles. The average molecular weight is 362 g/mol. The molecule has 4 atom stereocenters. The van der Waals surface area contributed by atoms with Crippen molar-refractivity contribution in [3.05, 3.63) is 23.9 Å². The van der Waals surface area contributed by atoms with Crippen LogP contribution in [-0.2, 0) is 20.8 Å². The number of aliphatic hydroxyl groups excluding tert-OH is 1. The number of aliphatic hydroxyl groups is 1. The molecule has 2 aliphatic heterocycles. The number of hydrogen-bond donors (Lipinski definition) is 2. The molecule has 9 heteroatoms. The molecule has 2 aromatic rings. The second-order valence-corrected chi connectivity index (χ2v) is 6.45. The Labute approximate surface area is 148 Å². The zero-order chi connectivity index (χ0) is 18.4. The Morgan fingerprint density at radius 1 is 1.31 bits per heavy atom. The molecule has 2 aliphatic rings. The van der Waals surface area contributed by atoms with Gasteiger partial charge in [0, 0.05) is 12.3 Å². The van der Waals surface area contributed by atoms with Crippen LogP contribution in [0.1, 0.15) is 17.4 Å². The fraction of sp³-hybridized carbons (Fsp3) is 0.471. The molecule has 0 spiro atoms. The third-order valence-electron chi connectivity index (χ3n) is 4.61. The predicted octanol–water partition coefficient (Wildman–Crippen LogP) is 0.229. The lowest BCUT2D eigenvalue weighted by Gasteiger charge is -2.18. The van der Waals surface area contributed by atoms with Crippen LogP contribution < -0.4 is 4.74 Å². The first-order valence-corrected chi connectivity index (χ1v) is 8.25. The molecule has 2 N–H and O–H groups in total. The minimum absolute atomic E-state index is 0.194. The molecule has 26 heavy (non-hydrogen) atoms. The van der Waals surface area contributed by atoms with Gasteiger partial charge in [0.2, 0.25) is 0 Å². The van der Waals surface area contributed by atoms with Crippen LogP contribution in [0.4, 0.5) is 0 Å². The number of carboxylic acids is 1. The monoisotopic (exact) mass is 362 g/mol. The number of Topliss-reactive ketones (excluding diaryl/α,β-unsaturated/α-hetero) is 1. The number of carboxylic acid groups (broad SMARTS) is 1. The Bertz CT molecular complexity index is 877. The van der Waals surface area contributed by atoms with Gasteiger partial charge < -0.3 is 24.4 Å². The number of rotatable bonds is 5. The standard InChI is InChI=1S/C17H18N2O7/c1-8(20)15-10-4-9(2-3-11(10)19(18-15)5-14(22)23)26-13-7-25-16-12(21)6-24-17(13)16/h2-4,12-13,16-17,21H,5-7H2,1H3,(H,22,23)/t12-,13+,16+,17+/m0/s1. The Balaban J connectivity index is 1.64. The van der Waals surface area contributed by atoms with Crippen LogP contribution in [0.5, 0.6) is 5.75 Å². The highest BCUT2D eigenvalue weighted by atomic mass is 16.6. The zero-order valence-electron chi connectivity index (χ0n) is 14.0. The zero-order valence-corrected chi connectivity index (χ0v) is 14.0. The van der Waals surface area contributed by atoms with Gasteiger partial charge >= 0.3 is 5.97 Å². The number of carbonyl (C=O) groups excluding carboxylic acids is 1. The number of hydrogen-bond acceptors (Lipinski definition) is 7. The van der Waals surface area contributed by atoms with E-state index in [4.69, 9.17) is 19.3 Å². The normalized spacial score (nSPS) is 27.6. The maximum atomic E-state index is 11.9. The van der Waals surface area contributed by atoms with Gasteiger partial charge in [0.05, 0.1) is 18.7 Å². The number of aliphatic carboxylic acids is 1. The van der Waals surface area contributed by atoms with Gasteiger partial charge in [0.25, 0.3) is 0 Å². The van der Waals surface area contributed by atoms with Gasteiger partial charge in [-0.25, -0.2) is 0 Å². The van der Waals surface area contributed by atoms with E-state index in [0.717, 1.165) is 0 Å². The van der Waals surface area contributed by atoms with Crippen LogP contribution in [0.15, 0.2) is 18.2 Å². The van der Waals surface area contributed by atoms with E-state index in [2.05, 4.69) is 5.10 Å². The topological polar surface area (TPSA) is 120 Å². The Kier molecular flexibility index (Phi) is 4.14. The van der Waals surface area contributed by atoms with Crippen LogP contribution in [0, 0.1) is 0 Å². The molecule has 0 radical (unpaired) electrons. The van der Waals surface area contributed by atoms with E-state index >= 15 is 0 Å². The first-order chi connectivity index (χ1) is 12.4. The van der Waals surface area contributed by atoms with E-state index in [-0.39, 0.29) is 36.8 Å². The highest BCUT2D eigenvalue weighted by molar-refractivity contribution is 6.05. The van der Waals surface area contributed by atoms with Gasteiger partial charge in [-0.05, 0) is 18.2 Å². The SMILES string of the molecule is CC(=O)c1nn(CC(=O)O)c2ccc(O[C@@H]3CO[C@H]4[C@@H]3OC[C@@H]4O)cc12. The molecule has 0 bridgehead atoms. The highest BCUT2D eigenvalue weighted by Gasteiger charge is 2.48. The molecule has 138 valence electrons. The van der Waals surface area contributed by atoms with E-state index in [1.54, 1.807) is 18.2 Å². The number of ether oxygens (including phenoxy) is 3. The van der Waals surface area contributed by atoms with Crippen LogP contribution >= 0.6 is 0 Å². The summed E-state index contributed by atoms with van der Waals surface area (Å²) in [5.41, 5.74) is 0.734. The summed E-state index contributed by atoms with van der Waals surface area (Å²) in [7, 11) is 0. The van der Waals surface area contributed by atoms with Crippen LogP contribution in [0.3, 0.4) is 0 Å². The smallest absolute Gasteiger partial charge is 0.325 e. The van der Waals surface area contributed by atoms with E-state index in [0.29, 0.717) is 23.3 Å². The molecule has 2 fully saturated rings. The van der Waals surface area contributed by atoms with Crippen molar-refractivity contribution in [3.63, 3.8) is 0 Å². The Morgan fingerprint density at radius 2 is 2.08 bits per heavy atom. The number of benzene rings is 1. The van der Waals surface area contributed by atoms with Crippen molar-refractivity contribution in [1.29, 1.82) is 0 Å². The summed E-state index contributed by atoms with van der Waals surface area (Å²) in [6.07, 6.45) is -1.77. The summed E-state index contributed by atoms with van der Waals surface area (Å²) in [6.45, 7) is 1.55. The first kappa shape index (κ1) is 17.0. The predicted molar refractivity (Wildman–Crippen MR) is 87.3 cm³/mol. The Morgan fingerprint density at radius 3 is 2.81 bits per heavy atom. The fourth-order valence-electron chi connectivity index (χ4n) is 3.46. The van der Waals surface area contributed by atoms with E-state index in [1.807, 2.05) is 0 Å². The number of aromatic nitrogens is 2. The van der Waals surface area contributed by atoms with Crippen molar-refractivity contribution in [2.75, 3.05) is 13.2 Å². The molecule has 3 heterocycles. The number of ketones is 1. The van der Waals surface area contributed by atoms with Crippen molar-refractivity contribution < 1.29 is 34.0 Å². The second-order valence-electron chi connectivity index (χ2n) is 6.45. The Hall–Kier alpha value is -2.49. The lowest BCUT2D eigenvalue weighted by atomic mass is 10.1. The summed E-state index contributed by atoms with van der Waals surface area (Å²) in [5, 5.41) is 23.4. The maximum absolute atomic E-state index is 11.9. The average Bonchev–Trinajstić information content (AvgIpc) is 3.24. The molecular formula is C17H18N2O7. The molecule has 0 saturated carbocycles. The van der Waals surface area contributed by atoms with Crippen molar-refractivity contribution in [1.82, 2.24) is 9.78 Å². The minimum atomic E-state index is -1.05. The third kappa shape index (κ3) is 2.83. The fourth-order valence-corrected chi connectivity index (χ4v) is 3.46. The van der Waals surface area contributed by atoms with E-state index < -0.39 is 18.2 Å². The molecular weight excluding hydrogens is 344 g/mol. The summed E-state index contributed by atoms with van der Waals surface area (Å²) >= 11 is 0. The highest BCUT2D eigenvalue weighted by Crippen LogP contribution is 2.31. The van der Waals surface area contributed by atoms with Crippen molar-refractivity contribution in [3.8, 4) is 5.75 Å². The van der Waals surface area contributed by atoms with Crippen molar-refractivity contribution >= 4 is 22.7 Å². The number of fused-ring (bicyclic) bond motifs is 2. The van der Waals surface area contributed by atoms with E-state index in [1.165, 1.54) is 11.6 Å². The molecule has 9 nitrogen and oxygen atoms in total. The van der Waals surface area contributed by atoms with Crippen LogP contribution in [-0.4, -0.2) is 69.4 Å². The van der Waals surface area contributed by atoms with Crippen molar-refractivity contribution in [2.24, 2.45) is 0 Å². The number of nitrogens with zero attached hydrogens (tertiary/aromatic N) is 2. The minimum Gasteiger partial charge on any atom is -0.485 e. The van der Waals surface area contributed by atoms with Gasteiger partial charge in [0.1, 0.15) is 36.3 Å². The largest absolute Gasteiger partial charge is 0.485 e. The molecule has 0 unspecified atom stereocenters. The first-order valence-electron chi connectivity index (χ1n) is 8.25. The molecule has 0 aliphatic carbocycles. The van der Waals surface area contributed by atoms with Gasteiger partial charge in [-0.2, -0.15) is 5.10 Å². The molecule has 2 saturated heterocycles. The van der Waals surface area contributed by atoms with E-state index in [9.17, 15) is 14.7 Å². The summed E-state index contributed by atoms with van der Waals surface area (Å²) < 4.78 is 18.3. The summed E-state index contributed by atoms with van der Waals surface area (Å²) in [6, 6.07) is 5.02. The van der Waals surface area contributed by atoms with Gasteiger partial charge in [-0.1, -0.05) is 0 Å². The number of carbonyl (C=O) groups is 2. The summed E-state index contributed by atoms with van der Waals surface area (Å²) in [4.78, 5) is 22.9. The molecule has 0 amide bonds.